The number of aromatic nitrogens is 2. The van der Waals surface area contributed by atoms with Crippen molar-refractivity contribution < 1.29 is 14.6 Å². The summed E-state index contributed by atoms with van der Waals surface area (Å²) in [4.78, 5) is 17.1. The van der Waals surface area contributed by atoms with Gasteiger partial charge in [0.15, 0.2) is 5.16 Å². The Labute approximate surface area is 203 Å². The van der Waals surface area contributed by atoms with Gasteiger partial charge in [0.1, 0.15) is 6.10 Å². The summed E-state index contributed by atoms with van der Waals surface area (Å²) in [5, 5.41) is 11.3. The number of benzene rings is 3. The van der Waals surface area contributed by atoms with E-state index in [4.69, 9.17) is 9.72 Å². The fourth-order valence-electron chi connectivity index (χ4n) is 4.38. The molecule has 1 aliphatic heterocycles. The summed E-state index contributed by atoms with van der Waals surface area (Å²) >= 11 is 1.54. The Hall–Kier alpha value is -3.35. The van der Waals surface area contributed by atoms with E-state index in [1.54, 1.807) is 6.92 Å². The van der Waals surface area contributed by atoms with Crippen LogP contribution >= 0.6 is 11.8 Å². The lowest BCUT2D eigenvalue weighted by atomic mass is 9.93. The molecule has 172 valence electrons. The second-order valence-corrected chi connectivity index (χ2v) is 9.78. The predicted octanol–water partition coefficient (Wildman–Crippen LogP) is 5.76. The maximum absolute atomic E-state index is 12.0. The quantitative estimate of drug-likeness (QED) is 0.287. The third-order valence-corrected chi connectivity index (χ3v) is 6.92. The van der Waals surface area contributed by atoms with Crippen LogP contribution in [0.3, 0.4) is 0 Å². The smallest absolute Gasteiger partial charge is 0.309 e. The van der Waals surface area contributed by atoms with Crippen LogP contribution in [-0.2, 0) is 9.53 Å². The van der Waals surface area contributed by atoms with Crippen LogP contribution in [0.5, 0.6) is 0 Å². The van der Waals surface area contributed by atoms with Gasteiger partial charge in [-0.15, -0.1) is 0 Å². The number of nitrogens with zero attached hydrogens (tertiary/aromatic N) is 2. The lowest BCUT2D eigenvalue weighted by Gasteiger charge is -2.32. The highest BCUT2D eigenvalue weighted by Gasteiger charge is 2.36. The van der Waals surface area contributed by atoms with Crippen LogP contribution in [0.4, 0.5) is 0 Å². The van der Waals surface area contributed by atoms with Crippen LogP contribution < -0.4 is 0 Å². The van der Waals surface area contributed by atoms with Crippen LogP contribution in [-0.4, -0.2) is 38.1 Å². The first-order valence-electron chi connectivity index (χ1n) is 11.3. The number of aliphatic hydroxyl groups is 1. The Balaban J connectivity index is 1.61. The number of hydrogen-bond acceptors (Lipinski definition) is 5. The largest absolute Gasteiger partial charge is 0.461 e. The number of rotatable bonds is 6. The second-order valence-electron chi connectivity index (χ2n) is 8.80. The molecule has 2 heterocycles. The van der Waals surface area contributed by atoms with Gasteiger partial charge in [-0.2, -0.15) is 0 Å². The highest BCUT2D eigenvalue weighted by molar-refractivity contribution is 7.99. The van der Waals surface area contributed by atoms with Gasteiger partial charge in [-0.05, 0) is 19.1 Å². The van der Waals surface area contributed by atoms with Crippen molar-refractivity contribution in [2.45, 2.75) is 36.6 Å². The summed E-state index contributed by atoms with van der Waals surface area (Å²) in [6.45, 7) is 1.69. The Morgan fingerprint density at radius 1 is 0.971 bits per heavy atom. The molecule has 1 aromatic heterocycles. The number of carbonyl (C=O) groups is 1. The minimum atomic E-state index is -1.04. The van der Waals surface area contributed by atoms with Crippen molar-refractivity contribution in [1.82, 2.24) is 9.55 Å². The summed E-state index contributed by atoms with van der Waals surface area (Å²) in [5.41, 5.74) is 3.96. The van der Waals surface area contributed by atoms with Crippen molar-refractivity contribution in [3.05, 3.63) is 91.0 Å². The van der Waals surface area contributed by atoms with Crippen LogP contribution in [0.1, 0.15) is 19.8 Å². The molecular weight excluding hydrogens is 444 g/mol. The second kappa shape index (κ2) is 9.49. The Morgan fingerprint density at radius 3 is 2.18 bits per heavy atom. The number of ether oxygens (including phenoxy) is 1. The zero-order chi connectivity index (χ0) is 23.5. The number of thioether (sulfide) groups is 1. The lowest BCUT2D eigenvalue weighted by Crippen LogP contribution is -2.42. The van der Waals surface area contributed by atoms with Gasteiger partial charge >= 0.3 is 5.97 Å². The summed E-state index contributed by atoms with van der Waals surface area (Å²) < 4.78 is 7.71. The number of cyclic esters (lactones) is 1. The van der Waals surface area contributed by atoms with Gasteiger partial charge in [-0.25, -0.2) is 4.98 Å². The van der Waals surface area contributed by atoms with Gasteiger partial charge in [0.2, 0.25) is 0 Å². The van der Waals surface area contributed by atoms with Crippen molar-refractivity contribution in [3.8, 4) is 28.2 Å². The molecule has 0 spiro atoms. The van der Waals surface area contributed by atoms with Crippen molar-refractivity contribution in [3.63, 3.8) is 0 Å². The minimum Gasteiger partial charge on any atom is -0.461 e. The van der Waals surface area contributed by atoms with E-state index >= 15 is 0 Å². The Kier molecular flexibility index (Phi) is 6.26. The fourth-order valence-corrected chi connectivity index (χ4v) is 5.38. The summed E-state index contributed by atoms with van der Waals surface area (Å²) in [6.07, 6.45) is 0.0698. The normalized spacial score (nSPS) is 20.2. The fraction of sp³-hybridized carbons (Fsp3) is 0.214. The molecule has 0 radical (unpaired) electrons. The number of hydrogen-bond donors (Lipinski definition) is 1. The standard InChI is InChI=1S/C28H26N2O3S/c1-28(32)17-23(33-24(31)18-28)19-34-27-29-25(20-11-5-2-6-12-20)26(21-13-7-3-8-14-21)30(27)22-15-9-4-10-16-22/h2-16,23,32H,17-19H2,1H3/t23-,28+/m0/s1. The third kappa shape index (κ3) is 4.79. The molecule has 3 aromatic carbocycles. The molecule has 6 heteroatoms. The zero-order valence-electron chi connectivity index (χ0n) is 18.9. The first kappa shape index (κ1) is 22.4. The van der Waals surface area contributed by atoms with E-state index in [1.165, 1.54) is 11.8 Å². The average Bonchev–Trinajstić information content (AvgIpc) is 3.23. The van der Waals surface area contributed by atoms with Crippen LogP contribution in [0.15, 0.2) is 96.2 Å². The summed E-state index contributed by atoms with van der Waals surface area (Å²) in [7, 11) is 0. The zero-order valence-corrected chi connectivity index (χ0v) is 19.7. The molecule has 0 amide bonds. The SMILES string of the molecule is C[C@]1(O)CC(=O)O[C@H](CSc2nc(-c3ccccc3)c(-c3ccccc3)n2-c2ccccc2)C1. The van der Waals surface area contributed by atoms with Crippen molar-refractivity contribution in [2.24, 2.45) is 0 Å². The molecule has 1 saturated heterocycles. The number of imidazole rings is 1. The molecule has 0 bridgehead atoms. The highest BCUT2D eigenvalue weighted by Crippen LogP contribution is 2.39. The molecular formula is C28H26N2O3S. The van der Waals surface area contributed by atoms with Crippen LogP contribution in [0, 0.1) is 0 Å². The highest BCUT2D eigenvalue weighted by atomic mass is 32.2. The monoisotopic (exact) mass is 470 g/mol. The number of para-hydroxylation sites is 1. The summed E-state index contributed by atoms with van der Waals surface area (Å²) in [5.74, 6) is 0.150. The van der Waals surface area contributed by atoms with E-state index in [1.807, 2.05) is 54.6 Å². The molecule has 0 aliphatic carbocycles. The van der Waals surface area contributed by atoms with Crippen LogP contribution in [0.2, 0.25) is 0 Å². The first-order valence-corrected chi connectivity index (χ1v) is 12.3. The minimum absolute atomic E-state index is 0.0309. The Bertz CT molecular complexity index is 1270. The van der Waals surface area contributed by atoms with E-state index in [-0.39, 0.29) is 18.5 Å². The number of carbonyl (C=O) groups excluding carboxylic acids is 1. The van der Waals surface area contributed by atoms with E-state index in [9.17, 15) is 9.90 Å². The topological polar surface area (TPSA) is 64.3 Å². The van der Waals surface area contributed by atoms with E-state index in [2.05, 4.69) is 41.0 Å². The third-order valence-electron chi connectivity index (χ3n) is 5.84. The molecule has 2 atom stereocenters. The van der Waals surface area contributed by atoms with Gasteiger partial charge in [0, 0.05) is 29.0 Å². The van der Waals surface area contributed by atoms with Gasteiger partial charge in [0.05, 0.1) is 23.4 Å². The molecule has 4 aromatic rings. The van der Waals surface area contributed by atoms with Crippen molar-refractivity contribution in [2.75, 3.05) is 5.75 Å². The van der Waals surface area contributed by atoms with Crippen LogP contribution in [0.25, 0.3) is 28.2 Å². The maximum Gasteiger partial charge on any atom is 0.309 e. The average molecular weight is 471 g/mol. The molecule has 0 unspecified atom stereocenters. The molecule has 5 nitrogen and oxygen atoms in total. The van der Waals surface area contributed by atoms with Crippen molar-refractivity contribution in [1.29, 1.82) is 0 Å². The van der Waals surface area contributed by atoms with Gasteiger partial charge < -0.3 is 9.84 Å². The van der Waals surface area contributed by atoms with E-state index in [0.717, 1.165) is 33.4 Å². The molecule has 5 rings (SSSR count). The molecule has 1 N–H and O–H groups in total. The molecule has 1 aliphatic rings. The number of esters is 1. The maximum atomic E-state index is 12.0. The summed E-state index contributed by atoms with van der Waals surface area (Å²) in [6, 6.07) is 30.6. The first-order chi connectivity index (χ1) is 16.5. The van der Waals surface area contributed by atoms with Gasteiger partial charge in [-0.3, -0.25) is 9.36 Å². The van der Waals surface area contributed by atoms with Gasteiger partial charge in [-0.1, -0.05) is 90.6 Å². The molecule has 1 fully saturated rings. The molecule has 34 heavy (non-hydrogen) atoms. The Morgan fingerprint density at radius 2 is 1.56 bits per heavy atom. The van der Waals surface area contributed by atoms with E-state index in [0.29, 0.717) is 12.2 Å². The van der Waals surface area contributed by atoms with Crippen molar-refractivity contribution >= 4 is 17.7 Å². The lowest BCUT2D eigenvalue weighted by molar-refractivity contribution is -0.165. The van der Waals surface area contributed by atoms with Gasteiger partial charge in [0.25, 0.3) is 0 Å². The van der Waals surface area contributed by atoms with E-state index < -0.39 is 5.60 Å². The molecule has 0 saturated carbocycles. The predicted molar refractivity (Wildman–Crippen MR) is 135 cm³/mol.